The molecule has 0 saturated heterocycles. The molecule has 0 bridgehead atoms. The van der Waals surface area contributed by atoms with Crippen LogP contribution in [0, 0.1) is 11.8 Å². The minimum absolute atomic E-state index is 0.0213. The summed E-state index contributed by atoms with van der Waals surface area (Å²) in [5, 5.41) is 0. The summed E-state index contributed by atoms with van der Waals surface area (Å²) in [6.45, 7) is 2.23. The zero-order valence-electron chi connectivity index (χ0n) is 10.1. The quantitative estimate of drug-likeness (QED) is 0.497. The predicted molar refractivity (Wildman–Crippen MR) is 61.6 cm³/mol. The summed E-state index contributed by atoms with van der Waals surface area (Å²) < 4.78 is 4.85. The zero-order valence-corrected chi connectivity index (χ0v) is 10.1. The maximum Gasteiger partial charge on any atom is 0.308 e. The first-order valence-corrected chi connectivity index (χ1v) is 6.37. The third-order valence-corrected chi connectivity index (χ3v) is 3.59. The van der Waals surface area contributed by atoms with Crippen LogP contribution in [0.4, 0.5) is 0 Å². The lowest BCUT2D eigenvalue weighted by Crippen LogP contribution is -2.20. The molecule has 1 saturated carbocycles. The van der Waals surface area contributed by atoms with Crippen molar-refractivity contribution < 1.29 is 9.53 Å². The van der Waals surface area contributed by atoms with Crippen molar-refractivity contribution in [1.29, 1.82) is 0 Å². The van der Waals surface area contributed by atoms with Crippen LogP contribution in [0.15, 0.2) is 0 Å². The monoisotopic (exact) mass is 212 g/mol. The van der Waals surface area contributed by atoms with Gasteiger partial charge in [0.05, 0.1) is 13.0 Å². The van der Waals surface area contributed by atoms with E-state index >= 15 is 0 Å². The second-order valence-electron chi connectivity index (χ2n) is 4.67. The molecule has 2 atom stereocenters. The molecule has 88 valence electrons. The van der Waals surface area contributed by atoms with Crippen LogP contribution >= 0.6 is 0 Å². The standard InChI is InChI=1S/C13H24O2/c1-3-4-5-6-8-11-9-7-10-12(11)13(14)15-2/h11-12H,3-10H2,1-2H3. The van der Waals surface area contributed by atoms with Crippen LogP contribution in [0.1, 0.15) is 58.3 Å². The Bertz CT molecular complexity index is 189. The Morgan fingerprint density at radius 1 is 1.27 bits per heavy atom. The molecule has 15 heavy (non-hydrogen) atoms. The average Bonchev–Trinajstić information content (AvgIpc) is 2.71. The molecule has 0 aromatic carbocycles. The molecule has 2 unspecified atom stereocenters. The van der Waals surface area contributed by atoms with Gasteiger partial charge < -0.3 is 4.74 Å². The minimum Gasteiger partial charge on any atom is -0.469 e. The van der Waals surface area contributed by atoms with Gasteiger partial charge in [-0.05, 0) is 25.2 Å². The minimum atomic E-state index is 0.0213. The Labute approximate surface area is 93.4 Å². The lowest BCUT2D eigenvalue weighted by molar-refractivity contribution is -0.146. The predicted octanol–water partition coefficient (Wildman–Crippen LogP) is 3.55. The Hall–Kier alpha value is -0.530. The van der Waals surface area contributed by atoms with Gasteiger partial charge in [-0.15, -0.1) is 0 Å². The molecule has 0 spiro atoms. The summed E-state index contributed by atoms with van der Waals surface area (Å²) in [4.78, 5) is 11.5. The van der Waals surface area contributed by atoms with Gasteiger partial charge in [-0.1, -0.05) is 39.0 Å². The van der Waals surface area contributed by atoms with Gasteiger partial charge in [-0.25, -0.2) is 0 Å². The molecule has 0 aromatic heterocycles. The molecule has 1 aliphatic rings. The lowest BCUT2D eigenvalue weighted by Gasteiger charge is -2.16. The largest absolute Gasteiger partial charge is 0.469 e. The number of hydrogen-bond donors (Lipinski definition) is 0. The summed E-state index contributed by atoms with van der Waals surface area (Å²) in [7, 11) is 1.51. The molecule has 2 nitrogen and oxygen atoms in total. The first kappa shape index (κ1) is 12.5. The fourth-order valence-corrected chi connectivity index (χ4v) is 2.68. The maximum absolute atomic E-state index is 11.5. The summed E-state index contributed by atoms with van der Waals surface area (Å²) in [5.74, 6) is 0.832. The number of methoxy groups -OCH3 is 1. The number of ether oxygens (including phenoxy) is 1. The number of unbranched alkanes of at least 4 members (excludes halogenated alkanes) is 3. The van der Waals surface area contributed by atoms with Gasteiger partial charge in [0.2, 0.25) is 0 Å². The van der Waals surface area contributed by atoms with Crippen LogP contribution in [0.3, 0.4) is 0 Å². The van der Waals surface area contributed by atoms with Crippen LogP contribution in [0.5, 0.6) is 0 Å². The topological polar surface area (TPSA) is 26.3 Å². The third-order valence-electron chi connectivity index (χ3n) is 3.59. The highest BCUT2D eigenvalue weighted by Gasteiger charge is 2.32. The van der Waals surface area contributed by atoms with E-state index in [9.17, 15) is 4.79 Å². The van der Waals surface area contributed by atoms with Crippen LogP contribution in [-0.4, -0.2) is 13.1 Å². The molecule has 0 aromatic rings. The van der Waals surface area contributed by atoms with Gasteiger partial charge in [0.15, 0.2) is 0 Å². The van der Waals surface area contributed by atoms with Crippen molar-refractivity contribution in [1.82, 2.24) is 0 Å². The highest BCUT2D eigenvalue weighted by molar-refractivity contribution is 5.72. The highest BCUT2D eigenvalue weighted by Crippen LogP contribution is 2.36. The Kier molecular flexibility index (Phi) is 5.74. The van der Waals surface area contributed by atoms with Crippen LogP contribution in [-0.2, 0) is 9.53 Å². The number of hydrogen-bond acceptors (Lipinski definition) is 2. The number of carbonyl (C=O) groups excluding carboxylic acids is 1. The number of esters is 1. The molecule has 0 aliphatic heterocycles. The van der Waals surface area contributed by atoms with E-state index in [-0.39, 0.29) is 11.9 Å². The normalized spacial score (nSPS) is 25.5. The van der Waals surface area contributed by atoms with E-state index in [4.69, 9.17) is 4.74 Å². The summed E-state index contributed by atoms with van der Waals surface area (Å²) in [6.07, 6.45) is 9.92. The molecular weight excluding hydrogens is 188 g/mol. The first-order valence-electron chi connectivity index (χ1n) is 6.37. The smallest absolute Gasteiger partial charge is 0.308 e. The Morgan fingerprint density at radius 2 is 2.07 bits per heavy atom. The van der Waals surface area contributed by atoms with Gasteiger partial charge in [-0.3, -0.25) is 4.79 Å². The van der Waals surface area contributed by atoms with Crippen molar-refractivity contribution >= 4 is 5.97 Å². The summed E-state index contributed by atoms with van der Waals surface area (Å²) in [5.41, 5.74) is 0. The first-order chi connectivity index (χ1) is 7.29. The van der Waals surface area contributed by atoms with Crippen LogP contribution < -0.4 is 0 Å². The second-order valence-corrected chi connectivity index (χ2v) is 4.67. The van der Waals surface area contributed by atoms with E-state index in [1.165, 1.54) is 52.1 Å². The van der Waals surface area contributed by atoms with E-state index in [1.807, 2.05) is 0 Å². The van der Waals surface area contributed by atoms with E-state index < -0.39 is 0 Å². The molecule has 1 aliphatic carbocycles. The molecule has 1 fully saturated rings. The van der Waals surface area contributed by atoms with Gasteiger partial charge >= 0.3 is 5.97 Å². The van der Waals surface area contributed by atoms with E-state index in [0.29, 0.717) is 5.92 Å². The van der Waals surface area contributed by atoms with Crippen molar-refractivity contribution in [3.63, 3.8) is 0 Å². The number of carbonyl (C=O) groups is 1. The van der Waals surface area contributed by atoms with Crippen molar-refractivity contribution in [2.24, 2.45) is 11.8 Å². The average molecular weight is 212 g/mol. The van der Waals surface area contributed by atoms with E-state index in [1.54, 1.807) is 0 Å². The van der Waals surface area contributed by atoms with Crippen LogP contribution in [0.25, 0.3) is 0 Å². The highest BCUT2D eigenvalue weighted by atomic mass is 16.5. The van der Waals surface area contributed by atoms with Gasteiger partial charge in [-0.2, -0.15) is 0 Å². The van der Waals surface area contributed by atoms with E-state index in [2.05, 4.69) is 6.92 Å². The molecule has 0 radical (unpaired) electrons. The lowest BCUT2D eigenvalue weighted by atomic mass is 9.90. The van der Waals surface area contributed by atoms with Crippen LogP contribution in [0.2, 0.25) is 0 Å². The molecule has 1 rings (SSSR count). The maximum atomic E-state index is 11.5. The second kappa shape index (κ2) is 6.86. The van der Waals surface area contributed by atoms with Crippen molar-refractivity contribution in [2.75, 3.05) is 7.11 Å². The molecule has 0 heterocycles. The molecule has 0 amide bonds. The SMILES string of the molecule is CCCCCCC1CCCC1C(=O)OC. The van der Waals surface area contributed by atoms with Crippen molar-refractivity contribution in [3.05, 3.63) is 0 Å². The summed E-state index contributed by atoms with van der Waals surface area (Å²) >= 11 is 0. The van der Waals surface area contributed by atoms with Gasteiger partial charge in [0.25, 0.3) is 0 Å². The Morgan fingerprint density at radius 3 is 2.73 bits per heavy atom. The fraction of sp³-hybridized carbons (Fsp3) is 0.923. The Balaban J connectivity index is 2.24. The zero-order chi connectivity index (χ0) is 11.1. The molecular formula is C13H24O2. The van der Waals surface area contributed by atoms with Crippen molar-refractivity contribution in [2.45, 2.75) is 58.3 Å². The third kappa shape index (κ3) is 3.84. The molecule has 0 N–H and O–H groups in total. The number of rotatable bonds is 6. The van der Waals surface area contributed by atoms with Gasteiger partial charge in [0, 0.05) is 0 Å². The summed E-state index contributed by atoms with van der Waals surface area (Å²) in [6, 6.07) is 0. The van der Waals surface area contributed by atoms with E-state index in [0.717, 1.165) is 6.42 Å². The fourth-order valence-electron chi connectivity index (χ4n) is 2.68. The van der Waals surface area contributed by atoms with Crippen molar-refractivity contribution in [3.8, 4) is 0 Å². The van der Waals surface area contributed by atoms with Gasteiger partial charge in [0.1, 0.15) is 0 Å². The molecule has 2 heteroatoms.